The summed E-state index contributed by atoms with van der Waals surface area (Å²) in [7, 11) is 1.90. The molecule has 3 heterocycles. The zero-order chi connectivity index (χ0) is 21.4. The van der Waals surface area contributed by atoms with E-state index in [9.17, 15) is 4.79 Å². The summed E-state index contributed by atoms with van der Waals surface area (Å²) < 4.78 is 1.45. The molecular formula is C23H30N6O. The molecule has 0 amide bonds. The number of fused-ring (bicyclic) bond motifs is 1. The number of hydrogen-bond acceptors (Lipinski definition) is 5. The van der Waals surface area contributed by atoms with E-state index in [4.69, 9.17) is 9.98 Å². The van der Waals surface area contributed by atoms with E-state index in [1.54, 1.807) is 0 Å². The van der Waals surface area contributed by atoms with Gasteiger partial charge in [0.1, 0.15) is 5.36 Å². The lowest BCUT2D eigenvalue weighted by Crippen LogP contribution is -2.29. The standard InChI is InChI=1S/C23H30N6O/c1-14(2)20-15(3)23(30)29-22(26-20)21(16(4)27-29)25-18-10-9-17(13-19(18)24-5)28-11-7-6-8-12-28/h9-10,13-14,24,27H,4,6-8,11-12H2,1-3,5H3. The summed E-state index contributed by atoms with van der Waals surface area (Å²) in [6.07, 6.45) is 3.78. The molecule has 0 atom stereocenters. The third-order valence-electron chi connectivity index (χ3n) is 5.84. The van der Waals surface area contributed by atoms with Crippen molar-refractivity contribution in [3.63, 3.8) is 0 Å². The van der Waals surface area contributed by atoms with Gasteiger partial charge in [-0.15, -0.1) is 0 Å². The molecule has 0 radical (unpaired) electrons. The SMILES string of the molecule is C=c1[nH]n2c(=O)c(C)c(C(C)C)nc2c1=Nc1ccc(N2CCCCC2)cc1NC. The second kappa shape index (κ2) is 7.97. The number of H-pyrrole nitrogens is 1. The highest BCUT2D eigenvalue weighted by Gasteiger charge is 2.16. The molecule has 1 aliphatic heterocycles. The van der Waals surface area contributed by atoms with E-state index in [0.29, 0.717) is 21.9 Å². The number of anilines is 2. The van der Waals surface area contributed by atoms with Gasteiger partial charge in [0.15, 0.2) is 5.65 Å². The van der Waals surface area contributed by atoms with E-state index >= 15 is 0 Å². The van der Waals surface area contributed by atoms with Gasteiger partial charge in [0, 0.05) is 31.4 Å². The van der Waals surface area contributed by atoms with E-state index in [-0.39, 0.29) is 11.5 Å². The minimum atomic E-state index is -0.107. The molecule has 0 spiro atoms. The molecule has 3 aromatic rings. The lowest BCUT2D eigenvalue weighted by atomic mass is 10.1. The van der Waals surface area contributed by atoms with Crippen LogP contribution in [0.5, 0.6) is 0 Å². The highest BCUT2D eigenvalue weighted by Crippen LogP contribution is 2.30. The third-order valence-corrected chi connectivity index (χ3v) is 5.84. The molecule has 0 aliphatic carbocycles. The van der Waals surface area contributed by atoms with Crippen LogP contribution in [0.2, 0.25) is 0 Å². The Morgan fingerprint density at radius 2 is 1.97 bits per heavy atom. The number of aromatic amines is 1. The predicted octanol–water partition coefficient (Wildman–Crippen LogP) is 2.85. The summed E-state index contributed by atoms with van der Waals surface area (Å²) >= 11 is 0. The van der Waals surface area contributed by atoms with Gasteiger partial charge in [-0.2, -0.15) is 4.52 Å². The molecular weight excluding hydrogens is 376 g/mol. The van der Waals surface area contributed by atoms with Crippen molar-refractivity contribution in [2.75, 3.05) is 30.4 Å². The molecule has 30 heavy (non-hydrogen) atoms. The summed E-state index contributed by atoms with van der Waals surface area (Å²) in [6, 6.07) is 6.28. The van der Waals surface area contributed by atoms with Crippen molar-refractivity contribution in [3.8, 4) is 0 Å². The van der Waals surface area contributed by atoms with Crippen LogP contribution < -0.4 is 26.5 Å². The first-order valence-electron chi connectivity index (χ1n) is 10.7. The van der Waals surface area contributed by atoms with Crippen LogP contribution in [0.3, 0.4) is 0 Å². The third kappa shape index (κ3) is 3.49. The van der Waals surface area contributed by atoms with Gasteiger partial charge < -0.3 is 10.2 Å². The quantitative estimate of drug-likeness (QED) is 0.698. The van der Waals surface area contributed by atoms with Crippen LogP contribution in [0, 0.1) is 6.92 Å². The van der Waals surface area contributed by atoms with Gasteiger partial charge in [-0.1, -0.05) is 20.4 Å². The van der Waals surface area contributed by atoms with Gasteiger partial charge >= 0.3 is 0 Å². The number of nitrogens with zero attached hydrogens (tertiary/aromatic N) is 4. The fraction of sp³-hybridized carbons (Fsp3) is 0.435. The van der Waals surface area contributed by atoms with Crippen molar-refractivity contribution in [2.24, 2.45) is 4.99 Å². The molecule has 7 heteroatoms. The summed E-state index contributed by atoms with van der Waals surface area (Å²) in [6.45, 7) is 12.1. The molecule has 158 valence electrons. The predicted molar refractivity (Wildman–Crippen MR) is 123 cm³/mol. The Morgan fingerprint density at radius 1 is 1.23 bits per heavy atom. The summed E-state index contributed by atoms with van der Waals surface area (Å²) in [5.74, 6) is 0.149. The van der Waals surface area contributed by atoms with Crippen LogP contribution in [0.4, 0.5) is 17.1 Å². The average Bonchev–Trinajstić information content (AvgIpc) is 3.06. The van der Waals surface area contributed by atoms with Crippen LogP contribution >= 0.6 is 0 Å². The topological polar surface area (TPSA) is 77.8 Å². The molecule has 0 saturated carbocycles. The van der Waals surface area contributed by atoms with E-state index in [1.807, 2.05) is 33.9 Å². The molecule has 0 unspecified atom stereocenters. The molecule has 7 nitrogen and oxygen atoms in total. The van der Waals surface area contributed by atoms with E-state index in [1.165, 1.54) is 29.5 Å². The molecule has 1 aromatic carbocycles. The van der Waals surface area contributed by atoms with Crippen molar-refractivity contribution in [2.45, 2.75) is 46.0 Å². The van der Waals surface area contributed by atoms with Crippen LogP contribution in [-0.4, -0.2) is 34.7 Å². The van der Waals surface area contributed by atoms with Gasteiger partial charge in [0.05, 0.1) is 22.4 Å². The summed E-state index contributed by atoms with van der Waals surface area (Å²) in [4.78, 5) is 24.9. The van der Waals surface area contributed by atoms with Gasteiger partial charge in [-0.05, 0) is 50.3 Å². The minimum absolute atomic E-state index is 0.107. The minimum Gasteiger partial charge on any atom is -0.386 e. The van der Waals surface area contributed by atoms with Crippen LogP contribution in [0.15, 0.2) is 28.0 Å². The summed E-state index contributed by atoms with van der Waals surface area (Å²) in [5, 5.41) is 7.46. The maximum atomic E-state index is 12.8. The first-order valence-corrected chi connectivity index (χ1v) is 10.7. The van der Waals surface area contributed by atoms with Crippen molar-refractivity contribution >= 4 is 29.3 Å². The van der Waals surface area contributed by atoms with E-state index < -0.39 is 0 Å². The first kappa shape index (κ1) is 20.2. The monoisotopic (exact) mass is 406 g/mol. The molecule has 2 aromatic heterocycles. The largest absolute Gasteiger partial charge is 0.386 e. The Balaban J connectivity index is 1.88. The molecule has 1 saturated heterocycles. The number of hydrogen-bond donors (Lipinski definition) is 2. The lowest BCUT2D eigenvalue weighted by molar-refractivity contribution is 0.578. The van der Waals surface area contributed by atoms with Gasteiger partial charge in [-0.3, -0.25) is 9.89 Å². The van der Waals surface area contributed by atoms with Crippen LogP contribution in [-0.2, 0) is 0 Å². The second-order valence-corrected chi connectivity index (χ2v) is 8.29. The van der Waals surface area contributed by atoms with Crippen molar-refractivity contribution in [1.29, 1.82) is 0 Å². The Morgan fingerprint density at radius 3 is 2.63 bits per heavy atom. The summed E-state index contributed by atoms with van der Waals surface area (Å²) in [5.41, 5.74) is 4.80. The average molecular weight is 407 g/mol. The zero-order valence-corrected chi connectivity index (χ0v) is 18.2. The van der Waals surface area contributed by atoms with Gasteiger partial charge in [0.2, 0.25) is 0 Å². The van der Waals surface area contributed by atoms with Crippen molar-refractivity contribution in [1.82, 2.24) is 14.6 Å². The number of nitrogens with one attached hydrogen (secondary N) is 2. The number of aromatic nitrogens is 3. The maximum absolute atomic E-state index is 12.8. The number of piperidine rings is 1. The Hall–Kier alpha value is -3.09. The van der Waals surface area contributed by atoms with E-state index in [2.05, 4.69) is 34.0 Å². The smallest absolute Gasteiger partial charge is 0.275 e. The zero-order valence-electron chi connectivity index (χ0n) is 18.2. The Labute approximate surface area is 176 Å². The highest BCUT2D eigenvalue weighted by molar-refractivity contribution is 5.72. The number of rotatable bonds is 4. The highest BCUT2D eigenvalue weighted by atomic mass is 16.1. The molecule has 4 rings (SSSR count). The van der Waals surface area contributed by atoms with Gasteiger partial charge in [-0.25, -0.2) is 9.98 Å². The fourth-order valence-corrected chi connectivity index (χ4v) is 4.18. The van der Waals surface area contributed by atoms with Crippen LogP contribution in [0.25, 0.3) is 12.2 Å². The first-order chi connectivity index (χ1) is 14.4. The molecule has 2 N–H and O–H groups in total. The maximum Gasteiger partial charge on any atom is 0.275 e. The lowest BCUT2D eigenvalue weighted by Gasteiger charge is -2.29. The van der Waals surface area contributed by atoms with Crippen molar-refractivity contribution in [3.05, 3.63) is 50.5 Å². The second-order valence-electron chi connectivity index (χ2n) is 8.29. The molecule has 1 fully saturated rings. The Kier molecular flexibility index (Phi) is 5.37. The van der Waals surface area contributed by atoms with Crippen molar-refractivity contribution < 1.29 is 0 Å². The Bertz CT molecular complexity index is 1250. The van der Waals surface area contributed by atoms with E-state index in [0.717, 1.165) is 30.2 Å². The molecule has 1 aliphatic rings. The fourth-order valence-electron chi connectivity index (χ4n) is 4.18. The molecule has 0 bridgehead atoms. The number of benzene rings is 1. The normalized spacial score (nSPS) is 15.4. The van der Waals surface area contributed by atoms with Crippen LogP contribution in [0.1, 0.15) is 50.3 Å². The van der Waals surface area contributed by atoms with Gasteiger partial charge in [0.25, 0.3) is 5.56 Å².